The minimum atomic E-state index is -4.36. The first-order valence-corrected chi connectivity index (χ1v) is 5.56. The van der Waals surface area contributed by atoms with Gasteiger partial charge in [0.15, 0.2) is 0 Å². The fourth-order valence-electron chi connectivity index (χ4n) is 2.57. The lowest BCUT2D eigenvalue weighted by Gasteiger charge is -2.38. The summed E-state index contributed by atoms with van der Waals surface area (Å²) in [5.41, 5.74) is -0.886. The summed E-state index contributed by atoms with van der Waals surface area (Å²) in [6.07, 6.45) is -4.07. The Morgan fingerprint density at radius 1 is 1.56 bits per heavy atom. The molecule has 0 aliphatic carbocycles. The van der Waals surface area contributed by atoms with E-state index < -0.39 is 17.7 Å². The van der Waals surface area contributed by atoms with Crippen LogP contribution in [0.1, 0.15) is 6.42 Å². The van der Waals surface area contributed by atoms with E-state index in [9.17, 15) is 18.0 Å². The zero-order chi connectivity index (χ0) is 13.4. The lowest BCUT2D eigenvalue weighted by Crippen LogP contribution is -2.58. The number of halogens is 3. The van der Waals surface area contributed by atoms with Crippen molar-refractivity contribution in [2.45, 2.75) is 18.1 Å². The summed E-state index contributed by atoms with van der Waals surface area (Å²) in [5.74, 6) is -0.534. The average molecular weight is 265 g/mol. The molecule has 4 nitrogen and oxygen atoms in total. The van der Waals surface area contributed by atoms with Crippen LogP contribution in [0.5, 0.6) is 0 Å². The second kappa shape index (κ2) is 4.55. The van der Waals surface area contributed by atoms with Crippen LogP contribution < -0.4 is 0 Å². The van der Waals surface area contributed by atoms with Crippen molar-refractivity contribution in [2.24, 2.45) is 0 Å². The number of methoxy groups -OCH3 is 1. The van der Waals surface area contributed by atoms with Gasteiger partial charge in [-0.25, -0.2) is 4.79 Å². The highest BCUT2D eigenvalue weighted by molar-refractivity contribution is 5.82. The van der Waals surface area contributed by atoms with Gasteiger partial charge in [0.2, 0.25) is 0 Å². The van der Waals surface area contributed by atoms with Gasteiger partial charge in [-0.2, -0.15) is 13.2 Å². The van der Waals surface area contributed by atoms with E-state index in [0.717, 1.165) is 0 Å². The smallest absolute Gasteiger partial charge is 0.409 e. The number of esters is 1. The highest BCUT2D eigenvalue weighted by atomic mass is 19.4. The Labute approximate surface area is 102 Å². The molecule has 2 rings (SSSR count). The van der Waals surface area contributed by atoms with Gasteiger partial charge in [-0.1, -0.05) is 0 Å². The van der Waals surface area contributed by atoms with E-state index in [4.69, 9.17) is 9.47 Å². The van der Waals surface area contributed by atoms with E-state index >= 15 is 0 Å². The number of hydrogen-bond donors (Lipinski definition) is 0. The number of hydrogen-bond acceptors (Lipinski definition) is 4. The summed E-state index contributed by atoms with van der Waals surface area (Å²) in [4.78, 5) is 13.5. The fourth-order valence-corrected chi connectivity index (χ4v) is 2.57. The van der Waals surface area contributed by atoms with Gasteiger partial charge in [0.1, 0.15) is 5.54 Å². The molecule has 0 bridgehead atoms. The van der Waals surface area contributed by atoms with Gasteiger partial charge >= 0.3 is 12.1 Å². The summed E-state index contributed by atoms with van der Waals surface area (Å²) in [6, 6.07) is 0. The van der Waals surface area contributed by atoms with E-state index in [0.29, 0.717) is 13.2 Å². The Balaban J connectivity index is 2.27. The van der Waals surface area contributed by atoms with Gasteiger partial charge in [-0.15, -0.1) is 0 Å². The van der Waals surface area contributed by atoms with E-state index in [1.54, 1.807) is 4.90 Å². The second-order valence-electron chi connectivity index (χ2n) is 4.52. The molecule has 18 heavy (non-hydrogen) atoms. The zero-order valence-corrected chi connectivity index (χ0v) is 9.92. The van der Waals surface area contributed by atoms with Crippen LogP contribution in [0.15, 0.2) is 11.6 Å². The lowest BCUT2D eigenvalue weighted by atomic mass is 9.94. The van der Waals surface area contributed by atoms with Crippen LogP contribution in [0.3, 0.4) is 0 Å². The molecule has 0 spiro atoms. The number of nitrogens with zero attached hydrogens (tertiary/aromatic N) is 1. The Morgan fingerprint density at radius 3 is 2.89 bits per heavy atom. The predicted molar refractivity (Wildman–Crippen MR) is 55.9 cm³/mol. The minimum absolute atomic E-state index is 0.0131. The molecular weight excluding hydrogens is 251 g/mol. The van der Waals surface area contributed by atoms with Gasteiger partial charge in [0.05, 0.1) is 20.3 Å². The third-order valence-corrected chi connectivity index (χ3v) is 3.30. The molecule has 102 valence electrons. The fraction of sp³-hybridized carbons (Fsp3) is 0.727. The molecular formula is C11H14F3NO3. The minimum Gasteiger partial charge on any atom is -0.468 e. The van der Waals surface area contributed by atoms with Crippen LogP contribution in [0.25, 0.3) is 0 Å². The molecule has 0 aromatic rings. The number of carbonyl (C=O) groups excluding carboxylic acids is 1. The Bertz CT molecular complexity index is 380. The molecule has 0 aromatic heterocycles. The lowest BCUT2D eigenvalue weighted by molar-refractivity contribution is -0.163. The largest absolute Gasteiger partial charge is 0.468 e. The molecule has 1 atom stereocenters. The average Bonchev–Trinajstić information content (AvgIpc) is 2.64. The molecule has 2 fully saturated rings. The van der Waals surface area contributed by atoms with Crippen LogP contribution in [-0.4, -0.2) is 56.0 Å². The summed E-state index contributed by atoms with van der Waals surface area (Å²) in [6.45, 7) is 1.06. The molecule has 2 aliphatic rings. The number of allylic oxidation sites excluding steroid dienone is 1. The molecule has 7 heteroatoms. The van der Waals surface area contributed by atoms with E-state index in [1.165, 1.54) is 7.11 Å². The Hall–Kier alpha value is -1.08. The van der Waals surface area contributed by atoms with Crippen molar-refractivity contribution in [3.8, 4) is 0 Å². The van der Waals surface area contributed by atoms with E-state index in [2.05, 4.69) is 0 Å². The number of fused-ring (bicyclic) bond motifs is 1. The van der Waals surface area contributed by atoms with E-state index in [1.807, 2.05) is 0 Å². The first-order valence-electron chi connectivity index (χ1n) is 5.56. The topological polar surface area (TPSA) is 38.8 Å². The van der Waals surface area contributed by atoms with Gasteiger partial charge in [-0.3, -0.25) is 4.90 Å². The van der Waals surface area contributed by atoms with Crippen molar-refractivity contribution in [1.82, 2.24) is 4.90 Å². The number of morpholine rings is 1. The van der Waals surface area contributed by atoms with Gasteiger partial charge < -0.3 is 9.47 Å². The predicted octanol–water partition coefficient (Wildman–Crippen LogP) is 1.12. The van der Waals surface area contributed by atoms with Gasteiger partial charge in [0.25, 0.3) is 0 Å². The SMILES string of the molecule is COC(=O)C12COCCN1CC(=CC(F)(F)F)C2. The molecule has 2 heterocycles. The molecule has 1 unspecified atom stereocenters. The maximum absolute atomic E-state index is 12.4. The van der Waals surface area contributed by atoms with Crippen molar-refractivity contribution >= 4 is 5.97 Å². The number of ether oxygens (including phenoxy) is 2. The maximum atomic E-state index is 12.4. The van der Waals surface area contributed by atoms with Crippen LogP contribution in [0, 0.1) is 0 Å². The van der Waals surface area contributed by atoms with Gasteiger partial charge in [0, 0.05) is 25.6 Å². The molecule has 2 saturated heterocycles. The molecule has 0 radical (unpaired) electrons. The molecule has 0 N–H and O–H groups in total. The molecule has 0 amide bonds. The first-order chi connectivity index (χ1) is 8.37. The summed E-state index contributed by atoms with van der Waals surface area (Å²) < 4.78 is 47.0. The summed E-state index contributed by atoms with van der Waals surface area (Å²) in [7, 11) is 1.23. The van der Waals surface area contributed by atoms with Crippen molar-refractivity contribution in [1.29, 1.82) is 0 Å². The van der Waals surface area contributed by atoms with Crippen LogP contribution in [0.4, 0.5) is 13.2 Å². The maximum Gasteiger partial charge on any atom is 0.409 e. The van der Waals surface area contributed by atoms with Crippen molar-refractivity contribution in [2.75, 3.05) is 33.4 Å². The van der Waals surface area contributed by atoms with Gasteiger partial charge in [-0.05, 0) is 5.57 Å². The van der Waals surface area contributed by atoms with Crippen LogP contribution in [-0.2, 0) is 14.3 Å². The quantitative estimate of drug-likeness (QED) is 0.526. The zero-order valence-electron chi connectivity index (χ0n) is 9.92. The van der Waals surface area contributed by atoms with E-state index in [-0.39, 0.29) is 31.2 Å². The third kappa shape index (κ3) is 2.37. The molecule has 0 saturated carbocycles. The monoisotopic (exact) mass is 265 g/mol. The Morgan fingerprint density at radius 2 is 2.28 bits per heavy atom. The third-order valence-electron chi connectivity index (χ3n) is 3.30. The Kier molecular flexibility index (Phi) is 3.37. The first kappa shape index (κ1) is 13.4. The normalized spacial score (nSPS) is 31.4. The van der Waals surface area contributed by atoms with Crippen LogP contribution >= 0.6 is 0 Å². The molecule has 2 aliphatic heterocycles. The second-order valence-corrected chi connectivity index (χ2v) is 4.52. The standard InChI is InChI=1S/C11H14F3NO3/c1-17-9(16)10-4-8(5-11(12,13)14)6-15(10)2-3-18-7-10/h5H,2-4,6-7H2,1H3. The van der Waals surface area contributed by atoms with Crippen molar-refractivity contribution < 1.29 is 27.4 Å². The van der Waals surface area contributed by atoms with Crippen LogP contribution in [0.2, 0.25) is 0 Å². The summed E-state index contributed by atoms with van der Waals surface area (Å²) >= 11 is 0. The van der Waals surface area contributed by atoms with Crippen molar-refractivity contribution in [3.05, 3.63) is 11.6 Å². The molecule has 0 aromatic carbocycles. The highest BCUT2D eigenvalue weighted by Gasteiger charge is 2.52. The number of carbonyl (C=O) groups is 1. The summed E-state index contributed by atoms with van der Waals surface area (Å²) in [5, 5.41) is 0. The number of alkyl halides is 3. The highest BCUT2D eigenvalue weighted by Crippen LogP contribution is 2.37. The number of rotatable bonds is 1. The van der Waals surface area contributed by atoms with Crippen molar-refractivity contribution in [3.63, 3.8) is 0 Å².